The van der Waals surface area contributed by atoms with Gasteiger partial charge in [-0.05, 0) is 46.5 Å². The molecule has 8 nitrogen and oxygen atoms in total. The van der Waals surface area contributed by atoms with Crippen molar-refractivity contribution in [2.45, 2.75) is 31.1 Å². The SMILES string of the molecule is CC(=O)N1CCC(N(NC(=O)c2ccc(CBr)cc2)c2nc(C#N)ncc2Br)CC1. The van der Waals surface area contributed by atoms with Crippen molar-refractivity contribution in [1.82, 2.24) is 20.3 Å². The number of hydrogen-bond acceptors (Lipinski definition) is 6. The lowest BCUT2D eigenvalue weighted by atomic mass is 10.0. The summed E-state index contributed by atoms with van der Waals surface area (Å²) in [7, 11) is 0. The third-order valence-corrected chi connectivity index (χ3v) is 6.13. The van der Waals surface area contributed by atoms with Crippen LogP contribution in [0.1, 0.15) is 41.5 Å². The van der Waals surface area contributed by atoms with Crippen molar-refractivity contribution in [1.29, 1.82) is 5.26 Å². The minimum atomic E-state index is -0.283. The number of likely N-dealkylation sites (tertiary alicyclic amines) is 1. The molecule has 1 aromatic carbocycles. The normalized spacial score (nSPS) is 14.1. The molecular formula is C20H20Br2N6O2. The van der Waals surface area contributed by atoms with Gasteiger partial charge in [0.2, 0.25) is 11.7 Å². The maximum Gasteiger partial charge on any atom is 0.269 e. The Morgan fingerprint density at radius 2 is 1.97 bits per heavy atom. The largest absolute Gasteiger partial charge is 0.343 e. The number of nitrogens with one attached hydrogen (secondary N) is 1. The van der Waals surface area contributed by atoms with E-state index in [1.165, 1.54) is 6.20 Å². The molecule has 2 amide bonds. The van der Waals surface area contributed by atoms with Crippen LogP contribution in [0.5, 0.6) is 0 Å². The van der Waals surface area contributed by atoms with Gasteiger partial charge in [0, 0.05) is 37.1 Å². The molecule has 0 atom stereocenters. The number of benzene rings is 1. The van der Waals surface area contributed by atoms with E-state index in [4.69, 9.17) is 0 Å². The molecule has 0 unspecified atom stereocenters. The molecule has 2 aromatic rings. The van der Waals surface area contributed by atoms with E-state index in [-0.39, 0.29) is 23.7 Å². The second kappa shape index (κ2) is 10.00. The predicted molar refractivity (Wildman–Crippen MR) is 119 cm³/mol. The Balaban J connectivity index is 1.88. The molecule has 2 heterocycles. The highest BCUT2D eigenvalue weighted by atomic mass is 79.9. The number of rotatable bonds is 5. The second-order valence-electron chi connectivity index (χ2n) is 6.86. The van der Waals surface area contributed by atoms with Crippen LogP contribution in [-0.2, 0) is 10.1 Å². The van der Waals surface area contributed by atoms with Crippen molar-refractivity contribution in [3.05, 3.63) is 51.9 Å². The summed E-state index contributed by atoms with van der Waals surface area (Å²) < 4.78 is 0.561. The predicted octanol–water partition coefficient (Wildman–Crippen LogP) is 3.17. The summed E-state index contributed by atoms with van der Waals surface area (Å²) in [6.07, 6.45) is 2.80. The zero-order chi connectivity index (χ0) is 21.7. The van der Waals surface area contributed by atoms with Crippen LogP contribution < -0.4 is 10.4 Å². The summed E-state index contributed by atoms with van der Waals surface area (Å²) in [6, 6.07) is 9.13. The first-order chi connectivity index (χ1) is 14.4. The lowest BCUT2D eigenvalue weighted by Gasteiger charge is -2.38. The Bertz CT molecular complexity index is 968. The van der Waals surface area contributed by atoms with Crippen LogP contribution in [0.4, 0.5) is 5.82 Å². The lowest BCUT2D eigenvalue weighted by Crippen LogP contribution is -2.54. The highest BCUT2D eigenvalue weighted by molar-refractivity contribution is 9.10. The van der Waals surface area contributed by atoms with Gasteiger partial charge in [-0.3, -0.25) is 20.0 Å². The molecule has 10 heteroatoms. The third kappa shape index (κ3) is 5.15. The van der Waals surface area contributed by atoms with Gasteiger partial charge >= 0.3 is 0 Å². The van der Waals surface area contributed by atoms with E-state index in [1.54, 1.807) is 29.0 Å². The number of aromatic nitrogens is 2. The van der Waals surface area contributed by atoms with Gasteiger partial charge in [0.05, 0.1) is 10.5 Å². The molecule has 0 saturated carbocycles. The molecule has 1 N–H and O–H groups in total. The molecule has 1 aliphatic heterocycles. The fraction of sp³-hybridized carbons (Fsp3) is 0.350. The molecule has 156 valence electrons. The highest BCUT2D eigenvalue weighted by Gasteiger charge is 2.29. The van der Waals surface area contributed by atoms with Gasteiger partial charge in [-0.1, -0.05) is 28.1 Å². The van der Waals surface area contributed by atoms with E-state index < -0.39 is 0 Å². The van der Waals surface area contributed by atoms with E-state index in [9.17, 15) is 14.9 Å². The van der Waals surface area contributed by atoms with Gasteiger partial charge in [-0.2, -0.15) is 10.2 Å². The molecule has 3 rings (SSSR count). The maximum atomic E-state index is 13.0. The number of alkyl halides is 1. The van der Waals surface area contributed by atoms with Crippen molar-refractivity contribution in [3.63, 3.8) is 0 Å². The van der Waals surface area contributed by atoms with Crippen LogP contribution in [0.25, 0.3) is 0 Å². The second-order valence-corrected chi connectivity index (χ2v) is 8.27. The number of carbonyl (C=O) groups is 2. The summed E-state index contributed by atoms with van der Waals surface area (Å²) in [6.45, 7) is 2.72. The quantitative estimate of drug-likeness (QED) is 0.466. The van der Waals surface area contributed by atoms with Crippen LogP contribution in [0, 0.1) is 11.3 Å². The van der Waals surface area contributed by atoms with Crippen molar-refractivity contribution in [2.75, 3.05) is 18.1 Å². The first-order valence-corrected chi connectivity index (χ1v) is 11.3. The van der Waals surface area contributed by atoms with E-state index in [2.05, 4.69) is 47.3 Å². The number of hydrogen-bond donors (Lipinski definition) is 1. The first-order valence-electron chi connectivity index (χ1n) is 9.36. The molecule has 0 radical (unpaired) electrons. The standard InChI is InChI=1S/C20H20Br2N6O2/c1-13(29)27-8-6-16(7-9-27)28(19-17(22)12-24-18(11-23)25-19)26-20(30)15-4-2-14(10-21)3-5-15/h2-5,12,16H,6-10H2,1H3,(H,26,30). The number of piperidine rings is 1. The molecular weight excluding hydrogens is 516 g/mol. The first kappa shape index (κ1) is 22.2. The Morgan fingerprint density at radius 1 is 1.30 bits per heavy atom. The average molecular weight is 536 g/mol. The van der Waals surface area contributed by atoms with E-state index in [1.807, 2.05) is 18.2 Å². The van der Waals surface area contributed by atoms with Gasteiger partial charge in [0.1, 0.15) is 6.07 Å². The van der Waals surface area contributed by atoms with Crippen molar-refractivity contribution in [3.8, 4) is 6.07 Å². The Hall–Kier alpha value is -2.51. The number of nitrogens with zero attached hydrogens (tertiary/aromatic N) is 5. The number of halogens is 2. The van der Waals surface area contributed by atoms with Crippen molar-refractivity contribution in [2.24, 2.45) is 0 Å². The molecule has 0 bridgehead atoms. The van der Waals surface area contributed by atoms with Crippen molar-refractivity contribution >= 4 is 49.5 Å². The highest BCUT2D eigenvalue weighted by Crippen LogP contribution is 2.27. The molecule has 0 aliphatic carbocycles. The molecule has 30 heavy (non-hydrogen) atoms. The summed E-state index contributed by atoms with van der Waals surface area (Å²) in [4.78, 5) is 34.7. The Labute approximate surface area is 191 Å². The van der Waals surface area contributed by atoms with Crippen molar-refractivity contribution < 1.29 is 9.59 Å². The fourth-order valence-corrected chi connectivity index (χ4v) is 4.01. The fourth-order valence-electron chi connectivity index (χ4n) is 3.26. The monoisotopic (exact) mass is 534 g/mol. The van der Waals surface area contributed by atoms with Gasteiger partial charge in [-0.25, -0.2) is 4.98 Å². The number of hydrazine groups is 1. The maximum absolute atomic E-state index is 13.0. The smallest absolute Gasteiger partial charge is 0.269 e. The van der Waals surface area contributed by atoms with Gasteiger partial charge in [-0.15, -0.1) is 0 Å². The number of anilines is 1. The van der Waals surface area contributed by atoms with Crippen LogP contribution in [0.15, 0.2) is 34.9 Å². The van der Waals surface area contributed by atoms with Crippen LogP contribution in [0.2, 0.25) is 0 Å². The minimum absolute atomic E-state index is 0.00953. The minimum Gasteiger partial charge on any atom is -0.343 e. The van der Waals surface area contributed by atoms with Crippen LogP contribution in [0.3, 0.4) is 0 Å². The number of amides is 2. The summed E-state index contributed by atoms with van der Waals surface area (Å²) in [5, 5.41) is 11.6. The van der Waals surface area contributed by atoms with E-state index in [0.29, 0.717) is 47.1 Å². The molecule has 1 aromatic heterocycles. The summed E-state index contributed by atoms with van der Waals surface area (Å²) in [5.41, 5.74) is 4.52. The number of nitriles is 1. The van der Waals surface area contributed by atoms with Gasteiger partial charge in [0.15, 0.2) is 5.82 Å². The van der Waals surface area contributed by atoms with E-state index >= 15 is 0 Å². The molecule has 1 aliphatic rings. The zero-order valence-corrected chi connectivity index (χ0v) is 19.5. The van der Waals surface area contributed by atoms with Gasteiger partial charge < -0.3 is 4.90 Å². The van der Waals surface area contributed by atoms with Crippen LogP contribution in [-0.4, -0.2) is 45.8 Å². The van der Waals surface area contributed by atoms with Gasteiger partial charge in [0.25, 0.3) is 5.91 Å². The van der Waals surface area contributed by atoms with E-state index in [0.717, 1.165) is 5.56 Å². The molecule has 1 fully saturated rings. The lowest BCUT2D eigenvalue weighted by molar-refractivity contribution is -0.129. The third-order valence-electron chi connectivity index (χ3n) is 4.92. The zero-order valence-electron chi connectivity index (χ0n) is 16.3. The number of carbonyl (C=O) groups excluding carboxylic acids is 2. The topological polar surface area (TPSA) is 102 Å². The molecule has 1 saturated heterocycles. The van der Waals surface area contributed by atoms with Crippen LogP contribution >= 0.6 is 31.9 Å². The Morgan fingerprint density at radius 3 is 2.53 bits per heavy atom. The Kier molecular flexibility index (Phi) is 7.39. The summed E-state index contributed by atoms with van der Waals surface area (Å²) in [5.74, 6) is 0.170. The average Bonchev–Trinajstić information content (AvgIpc) is 2.78. The molecule has 0 spiro atoms. The summed E-state index contributed by atoms with van der Waals surface area (Å²) >= 11 is 6.83.